The van der Waals surface area contributed by atoms with Crippen molar-refractivity contribution >= 4 is 15.6 Å². The molecule has 14 nitrogen and oxygen atoms in total. The minimum Gasteiger partial charge on any atom is 2.00 e. The van der Waals surface area contributed by atoms with E-state index in [1.807, 2.05) is 0 Å². The molecule has 0 aliphatic carbocycles. The maximum absolute atomic E-state index is 9.57. The summed E-state index contributed by atoms with van der Waals surface area (Å²) in [5.41, 5.74) is 0. The van der Waals surface area contributed by atoms with E-state index in [0.717, 1.165) is 0 Å². The van der Waals surface area contributed by atoms with Gasteiger partial charge in [-0.25, -0.2) is 0 Å². The molecule has 0 aromatic rings. The molecule has 0 atom stereocenters. The molecule has 19 heteroatoms. The second-order valence-electron chi connectivity index (χ2n) is 1.95. The molecule has 0 aromatic carbocycles. The molecule has 0 aliphatic heterocycles. The molecular formula is H4MnO14P2W2. The third kappa shape index (κ3) is 32.6. The quantitative estimate of drug-likeness (QED) is 0.162. The zero-order valence-corrected chi connectivity index (χ0v) is 16.8. The van der Waals surface area contributed by atoms with Crippen LogP contribution in [0.3, 0.4) is 0 Å². The van der Waals surface area contributed by atoms with Crippen LogP contribution in [-0.2, 0) is 79.6 Å². The van der Waals surface area contributed by atoms with Crippen molar-refractivity contribution in [1.29, 1.82) is 0 Å². The Kier molecular flexibility index (Phi) is 11.4. The predicted octanol–water partition coefficient (Wildman–Crippen LogP) is -3.74. The van der Waals surface area contributed by atoms with Crippen LogP contribution in [0.5, 0.6) is 0 Å². The van der Waals surface area contributed by atoms with E-state index in [1.165, 1.54) is 0 Å². The Morgan fingerprint density at radius 1 is 0.737 bits per heavy atom. The van der Waals surface area contributed by atoms with Crippen molar-refractivity contribution in [3.63, 3.8) is 0 Å². The normalized spacial score (nSPS) is 12.9. The van der Waals surface area contributed by atoms with Gasteiger partial charge >= 0.3 is 122 Å². The Bertz CT molecular complexity index is 488. The summed E-state index contributed by atoms with van der Waals surface area (Å²) in [6.07, 6.45) is 0. The van der Waals surface area contributed by atoms with Gasteiger partial charge in [0.2, 0.25) is 0 Å². The van der Waals surface area contributed by atoms with Crippen molar-refractivity contribution in [1.82, 2.24) is 0 Å². The fourth-order valence-corrected chi connectivity index (χ4v) is 5.84. The molecular weight excluding hydrogens is 709 g/mol. The van der Waals surface area contributed by atoms with Crippen molar-refractivity contribution in [3.8, 4) is 0 Å². The largest absolute Gasteiger partial charge is 2.00 e. The van der Waals surface area contributed by atoms with E-state index in [-0.39, 0.29) is 17.1 Å². The van der Waals surface area contributed by atoms with E-state index >= 15 is 0 Å². The van der Waals surface area contributed by atoms with Crippen molar-refractivity contribution in [2.75, 3.05) is 0 Å². The van der Waals surface area contributed by atoms with Gasteiger partial charge in [0.05, 0.1) is 0 Å². The first-order valence-corrected chi connectivity index (χ1v) is 15.5. The maximum Gasteiger partial charge on any atom is 2.00 e. The summed E-state index contributed by atoms with van der Waals surface area (Å²) in [6.45, 7) is 0. The van der Waals surface area contributed by atoms with Crippen LogP contribution < -0.4 is 7.52 Å². The minimum atomic E-state index is -6.44. The molecule has 0 heterocycles. The zero-order valence-electron chi connectivity index (χ0n) is 7.96. The van der Waals surface area contributed by atoms with Crippen molar-refractivity contribution < 1.29 is 107 Å². The molecule has 4 N–H and O–H groups in total. The van der Waals surface area contributed by atoms with Crippen molar-refractivity contribution in [3.05, 3.63) is 0 Å². The monoisotopic (exact) mass is 713 g/mol. The summed E-state index contributed by atoms with van der Waals surface area (Å²) in [4.78, 5) is 30.8. The van der Waals surface area contributed by atoms with Gasteiger partial charge in [0, 0.05) is 0 Å². The van der Waals surface area contributed by atoms with E-state index in [4.69, 9.17) is 19.6 Å². The fraction of sp³-hybridized carbons (Fsp3) is 0. The average molecular weight is 713 g/mol. The Hall–Kier alpha value is 1.24. The second-order valence-corrected chi connectivity index (χ2v) is 13.3. The number of hydrogen-bond acceptors (Lipinski definition) is 10. The van der Waals surface area contributed by atoms with Crippen LogP contribution in [0.4, 0.5) is 0 Å². The molecule has 0 rings (SSSR count). The first kappa shape index (κ1) is 25.2. The van der Waals surface area contributed by atoms with E-state index in [9.17, 15) is 30.2 Å². The molecule has 0 saturated carbocycles. The van der Waals surface area contributed by atoms with E-state index < -0.39 is 49.1 Å². The van der Waals surface area contributed by atoms with Gasteiger partial charge in [0.25, 0.3) is 0 Å². The fourth-order valence-electron chi connectivity index (χ4n) is 0.238. The topological polar surface area (TPSA) is 248 Å². The average Bonchev–Trinajstić information content (AvgIpc) is 1.64. The first-order valence-electron chi connectivity index (χ1n) is 2.86. The van der Waals surface area contributed by atoms with Crippen LogP contribution in [0.1, 0.15) is 0 Å². The standard InChI is InChI=1S/Mn.2H3O4P.6O.2W/c;2*1-5(2,3)4;;;;;;;;/h;2*(H3,1,2,3,4);;;;;;;;/q+2;;;;;;;2*-1;2*+1/p-2. The van der Waals surface area contributed by atoms with E-state index in [1.54, 1.807) is 0 Å². The molecule has 0 fully saturated rings. The first-order chi connectivity index (χ1) is 7.41. The number of rotatable bonds is 4. The van der Waals surface area contributed by atoms with Gasteiger partial charge in [-0.2, -0.15) is 0 Å². The molecule has 0 unspecified atom stereocenters. The molecule has 0 saturated heterocycles. The van der Waals surface area contributed by atoms with Crippen LogP contribution in [0.15, 0.2) is 0 Å². The van der Waals surface area contributed by atoms with Crippen molar-refractivity contribution in [2.24, 2.45) is 0 Å². The molecule has 0 amide bonds. The molecule has 0 bridgehead atoms. The molecule has 19 heavy (non-hydrogen) atoms. The van der Waals surface area contributed by atoms with Gasteiger partial charge in [-0.1, -0.05) is 0 Å². The Morgan fingerprint density at radius 3 is 0.895 bits per heavy atom. The van der Waals surface area contributed by atoms with Gasteiger partial charge in [-0.05, 0) is 0 Å². The Balaban J connectivity index is -0.000000256. The third-order valence-corrected chi connectivity index (χ3v) is 9.25. The summed E-state index contributed by atoms with van der Waals surface area (Å²) in [6, 6.07) is 0. The smallest absolute Gasteiger partial charge is 2.00 e. The maximum atomic E-state index is 9.57. The molecule has 0 spiro atoms. The van der Waals surface area contributed by atoms with Crippen LogP contribution in [0, 0.1) is 0 Å². The Labute approximate surface area is 122 Å². The van der Waals surface area contributed by atoms with Gasteiger partial charge in [0.15, 0.2) is 0 Å². The van der Waals surface area contributed by atoms with Gasteiger partial charge in [-0.3, -0.25) is 0 Å². The van der Waals surface area contributed by atoms with Crippen LogP contribution in [0.2, 0.25) is 0 Å². The minimum absolute atomic E-state index is 0. The van der Waals surface area contributed by atoms with Gasteiger partial charge < -0.3 is 0 Å². The number of hydrogen-bond donors (Lipinski definition) is 4. The zero-order chi connectivity index (χ0) is 15.4. The van der Waals surface area contributed by atoms with E-state index in [0.29, 0.717) is 0 Å². The summed E-state index contributed by atoms with van der Waals surface area (Å²) >= 11 is -12.9. The van der Waals surface area contributed by atoms with Crippen molar-refractivity contribution in [2.45, 2.75) is 0 Å². The van der Waals surface area contributed by atoms with Gasteiger partial charge in [-0.15, -0.1) is 0 Å². The second kappa shape index (κ2) is 8.62. The predicted molar refractivity (Wildman–Crippen MR) is 29.0 cm³/mol. The Morgan fingerprint density at radius 2 is 0.895 bits per heavy atom. The van der Waals surface area contributed by atoms with Gasteiger partial charge in [0.1, 0.15) is 0 Å². The summed E-state index contributed by atoms with van der Waals surface area (Å²) in [5, 5.41) is 0. The molecule has 0 aromatic heterocycles. The number of phosphoric acid groups is 2. The SMILES string of the molecule is O=P(O)(O)[O][W](=[O])(=[O])[O-].O=P(O)(O)[O][W](=[O])(=[O])[O-].[Mn+2]. The summed E-state index contributed by atoms with van der Waals surface area (Å²) in [5.74, 6) is 0. The summed E-state index contributed by atoms with van der Waals surface area (Å²) in [7, 11) is -10.3. The van der Waals surface area contributed by atoms with E-state index in [2.05, 4.69) is 6.35 Å². The van der Waals surface area contributed by atoms with Crippen LogP contribution >= 0.6 is 15.6 Å². The van der Waals surface area contributed by atoms with Crippen LogP contribution in [-0.4, -0.2) is 19.6 Å². The molecule has 117 valence electrons. The third-order valence-electron chi connectivity index (χ3n) is 0.377. The molecule has 1 radical (unpaired) electrons. The molecule has 0 aliphatic rings. The summed E-state index contributed by atoms with van der Waals surface area (Å²) < 4.78 is 81.8. The van der Waals surface area contributed by atoms with Crippen LogP contribution in [0.25, 0.3) is 0 Å².